The van der Waals surface area contributed by atoms with Crippen molar-refractivity contribution in [2.45, 2.75) is 62.1 Å². The van der Waals surface area contributed by atoms with Gasteiger partial charge in [-0.05, 0) is 74.9 Å². The molecule has 36 heavy (non-hydrogen) atoms. The molecule has 8 nitrogen and oxygen atoms in total. The van der Waals surface area contributed by atoms with E-state index < -0.39 is 34.1 Å². The van der Waals surface area contributed by atoms with Gasteiger partial charge in [-0.2, -0.15) is 4.39 Å². The third-order valence-corrected chi connectivity index (χ3v) is 8.04. The van der Waals surface area contributed by atoms with Crippen LogP contribution < -0.4 is 15.8 Å². The molecule has 1 saturated carbocycles. The quantitative estimate of drug-likeness (QED) is 0.395. The molecule has 0 bridgehead atoms. The van der Waals surface area contributed by atoms with Crippen LogP contribution in [0.2, 0.25) is 0 Å². The van der Waals surface area contributed by atoms with Crippen LogP contribution in [0.25, 0.3) is 10.8 Å². The summed E-state index contributed by atoms with van der Waals surface area (Å²) in [5, 5.41) is 3.69. The van der Waals surface area contributed by atoms with E-state index in [2.05, 4.69) is 20.0 Å². The molecular weight excluding hydrogens is 488 g/mol. The molecule has 190 valence electrons. The van der Waals surface area contributed by atoms with Crippen LogP contribution in [0, 0.1) is 5.95 Å². The monoisotopic (exact) mass is 515 g/mol. The van der Waals surface area contributed by atoms with Crippen molar-refractivity contribution in [3.05, 3.63) is 58.9 Å². The predicted molar refractivity (Wildman–Crippen MR) is 132 cm³/mol. The van der Waals surface area contributed by atoms with E-state index in [0.717, 1.165) is 12.8 Å². The number of benzene rings is 1. The molecule has 1 unspecified atom stereocenters. The minimum Gasteiger partial charge on any atom is -0.380 e. The molecule has 2 heterocycles. The molecular formula is C25H27F2N5O3S. The number of nitrogens with two attached hydrogens (primary N) is 1. The number of primary amides is 1. The lowest BCUT2D eigenvalue weighted by atomic mass is 10.0. The fourth-order valence-electron chi connectivity index (χ4n) is 4.62. The Morgan fingerprint density at radius 3 is 2.56 bits per heavy atom. The van der Waals surface area contributed by atoms with Gasteiger partial charge in [-0.15, -0.1) is 0 Å². The number of amides is 1. The molecule has 1 fully saturated rings. The van der Waals surface area contributed by atoms with Gasteiger partial charge in [0.1, 0.15) is 11.4 Å². The Balaban J connectivity index is 1.56. The fraction of sp³-hybridized carbons (Fsp3) is 0.400. The molecule has 3 aromatic rings. The standard InChI is InChI=1S/C25H27F2N5O3S/c1-25(2,27)12-30-36(34,35)22-17-9-16(31-15-5-6-20(24(28)33)29-11-15)7-14(17)8-19-18(22)10-21(13-3-4-13)32-23(19)26/h5-6,8,10-11,13,16,30-31H,3-4,7,9,12H2,1-2H3,(H2,28,33). The molecule has 11 heteroatoms. The molecule has 0 saturated heterocycles. The van der Waals surface area contributed by atoms with Gasteiger partial charge in [0.15, 0.2) is 0 Å². The second kappa shape index (κ2) is 8.74. The lowest BCUT2D eigenvalue weighted by Crippen LogP contribution is -2.36. The lowest BCUT2D eigenvalue weighted by Gasteiger charge is -2.19. The number of fused-ring (bicyclic) bond motifs is 2. The summed E-state index contributed by atoms with van der Waals surface area (Å²) in [6.45, 7) is 2.16. The summed E-state index contributed by atoms with van der Waals surface area (Å²) in [5.41, 5.74) is 6.03. The highest BCUT2D eigenvalue weighted by Gasteiger charge is 2.34. The van der Waals surface area contributed by atoms with Gasteiger partial charge in [0.25, 0.3) is 5.91 Å². The molecule has 2 aliphatic carbocycles. The maximum atomic E-state index is 15.1. The van der Waals surface area contributed by atoms with Gasteiger partial charge in [0.05, 0.1) is 16.8 Å². The zero-order valence-electron chi connectivity index (χ0n) is 19.9. The maximum Gasteiger partial charge on any atom is 0.267 e. The van der Waals surface area contributed by atoms with Gasteiger partial charge < -0.3 is 11.1 Å². The first-order chi connectivity index (χ1) is 16.9. The van der Waals surface area contributed by atoms with E-state index in [9.17, 15) is 17.6 Å². The topological polar surface area (TPSA) is 127 Å². The van der Waals surface area contributed by atoms with Gasteiger partial charge in [-0.3, -0.25) is 4.79 Å². The van der Waals surface area contributed by atoms with E-state index in [-0.39, 0.29) is 33.3 Å². The summed E-state index contributed by atoms with van der Waals surface area (Å²) >= 11 is 0. The van der Waals surface area contributed by atoms with Gasteiger partial charge in [-0.1, -0.05) is 0 Å². The Hall–Kier alpha value is -3.18. The van der Waals surface area contributed by atoms with E-state index in [1.807, 2.05) is 0 Å². The highest BCUT2D eigenvalue weighted by atomic mass is 32.2. The summed E-state index contributed by atoms with van der Waals surface area (Å²) < 4.78 is 58.8. The number of alkyl halides is 1. The number of nitrogens with one attached hydrogen (secondary N) is 2. The third-order valence-electron chi connectivity index (χ3n) is 6.51. The normalized spacial score (nSPS) is 17.8. The second-order valence-corrected chi connectivity index (χ2v) is 11.8. The minimum atomic E-state index is -4.17. The van der Waals surface area contributed by atoms with Crippen LogP contribution in [0.5, 0.6) is 0 Å². The number of carbonyl (C=O) groups excluding carboxylic acids is 1. The zero-order valence-corrected chi connectivity index (χ0v) is 20.8. The van der Waals surface area contributed by atoms with E-state index in [0.29, 0.717) is 35.3 Å². The van der Waals surface area contributed by atoms with Gasteiger partial charge in [0, 0.05) is 35.0 Å². The number of nitrogens with zero attached hydrogens (tertiary/aromatic N) is 2. The van der Waals surface area contributed by atoms with Crippen LogP contribution in [0.3, 0.4) is 0 Å². The Bertz CT molecular complexity index is 1470. The number of halogens is 2. The Labute approximate surface area is 207 Å². The molecule has 4 N–H and O–H groups in total. The number of hydrogen-bond donors (Lipinski definition) is 3. The highest BCUT2D eigenvalue weighted by molar-refractivity contribution is 7.89. The Morgan fingerprint density at radius 2 is 1.94 bits per heavy atom. The summed E-state index contributed by atoms with van der Waals surface area (Å²) in [5.74, 6) is -1.22. The summed E-state index contributed by atoms with van der Waals surface area (Å²) in [6, 6.07) is 6.29. The van der Waals surface area contributed by atoms with E-state index >= 15 is 4.39 Å². The van der Waals surface area contributed by atoms with Crippen molar-refractivity contribution in [1.82, 2.24) is 14.7 Å². The molecule has 1 amide bonds. The van der Waals surface area contributed by atoms with E-state index in [1.165, 1.54) is 26.1 Å². The van der Waals surface area contributed by atoms with Crippen molar-refractivity contribution in [2.24, 2.45) is 5.73 Å². The average molecular weight is 516 g/mol. The molecule has 1 atom stereocenters. The van der Waals surface area contributed by atoms with Crippen LogP contribution in [0.15, 0.2) is 35.4 Å². The number of rotatable bonds is 8. The SMILES string of the molecule is CC(C)(F)CNS(=O)(=O)c1c2c(cc3c(F)nc(C4CC4)cc13)CC(Nc1ccc(C(N)=O)nc1)C2. The van der Waals surface area contributed by atoms with Gasteiger partial charge >= 0.3 is 0 Å². The molecule has 0 aliphatic heterocycles. The summed E-state index contributed by atoms with van der Waals surface area (Å²) in [4.78, 5) is 19.4. The number of anilines is 1. The van der Waals surface area contributed by atoms with E-state index in [4.69, 9.17) is 5.73 Å². The molecule has 1 aromatic carbocycles. The highest BCUT2D eigenvalue weighted by Crippen LogP contribution is 2.43. The van der Waals surface area contributed by atoms with E-state index in [1.54, 1.807) is 18.2 Å². The first kappa shape index (κ1) is 24.5. The number of sulfonamides is 1. The van der Waals surface area contributed by atoms with Gasteiger partial charge in [-0.25, -0.2) is 27.5 Å². The van der Waals surface area contributed by atoms with Crippen LogP contribution in [-0.4, -0.2) is 42.5 Å². The van der Waals surface area contributed by atoms with Crippen molar-refractivity contribution in [2.75, 3.05) is 11.9 Å². The smallest absolute Gasteiger partial charge is 0.267 e. The van der Waals surface area contributed by atoms with Crippen LogP contribution in [0.1, 0.15) is 59.9 Å². The lowest BCUT2D eigenvalue weighted by molar-refractivity contribution is 0.0995. The first-order valence-corrected chi connectivity index (χ1v) is 13.3. The maximum absolute atomic E-state index is 15.1. The molecule has 2 aliphatic rings. The van der Waals surface area contributed by atoms with Crippen LogP contribution >= 0.6 is 0 Å². The molecule has 0 spiro atoms. The number of aromatic nitrogens is 2. The summed E-state index contributed by atoms with van der Waals surface area (Å²) in [7, 11) is -4.17. The van der Waals surface area contributed by atoms with Crippen molar-refractivity contribution < 1.29 is 22.0 Å². The summed E-state index contributed by atoms with van der Waals surface area (Å²) in [6.07, 6.45) is 4.03. The van der Waals surface area contributed by atoms with Crippen LogP contribution in [0.4, 0.5) is 14.5 Å². The number of hydrogen-bond acceptors (Lipinski definition) is 6. The average Bonchev–Trinajstić information content (AvgIpc) is 3.57. The first-order valence-electron chi connectivity index (χ1n) is 11.8. The fourth-order valence-corrected chi connectivity index (χ4v) is 6.30. The predicted octanol–water partition coefficient (Wildman–Crippen LogP) is 3.35. The Kier molecular flexibility index (Phi) is 5.95. The van der Waals surface area contributed by atoms with Crippen molar-refractivity contribution >= 4 is 32.4 Å². The van der Waals surface area contributed by atoms with Crippen LogP contribution in [-0.2, 0) is 22.9 Å². The number of carbonyl (C=O) groups is 1. The molecule has 2 aromatic heterocycles. The zero-order chi connectivity index (χ0) is 25.8. The molecule has 5 rings (SSSR count). The largest absolute Gasteiger partial charge is 0.380 e. The molecule has 0 radical (unpaired) electrons. The number of pyridine rings is 2. The van der Waals surface area contributed by atoms with Crippen molar-refractivity contribution in [3.8, 4) is 0 Å². The second-order valence-electron chi connectivity index (χ2n) is 10.1. The van der Waals surface area contributed by atoms with Crippen molar-refractivity contribution in [1.29, 1.82) is 0 Å². The third kappa shape index (κ3) is 4.90. The minimum absolute atomic E-state index is 0.0195. The van der Waals surface area contributed by atoms with Crippen molar-refractivity contribution in [3.63, 3.8) is 0 Å². The Morgan fingerprint density at radius 1 is 1.19 bits per heavy atom. The van der Waals surface area contributed by atoms with Gasteiger partial charge in [0.2, 0.25) is 16.0 Å².